The first-order valence-corrected chi connectivity index (χ1v) is 10.2. The van der Waals surface area contributed by atoms with Gasteiger partial charge in [-0.1, -0.05) is 48.5 Å². The zero-order valence-electron chi connectivity index (χ0n) is 17.2. The summed E-state index contributed by atoms with van der Waals surface area (Å²) in [4.78, 5) is 24.3. The number of furan rings is 2. The molecule has 7 nitrogen and oxygen atoms in total. The second-order valence-corrected chi connectivity index (χ2v) is 7.00. The molecule has 0 aliphatic rings. The van der Waals surface area contributed by atoms with Crippen molar-refractivity contribution in [2.24, 2.45) is 0 Å². The number of rotatable bonds is 8. The van der Waals surface area contributed by atoms with Crippen molar-refractivity contribution in [3.63, 3.8) is 0 Å². The van der Waals surface area contributed by atoms with Crippen LogP contribution in [0.2, 0.25) is 0 Å². The van der Waals surface area contributed by atoms with Gasteiger partial charge in [0, 0.05) is 18.4 Å². The van der Waals surface area contributed by atoms with Crippen molar-refractivity contribution in [1.29, 1.82) is 0 Å². The topological polar surface area (TPSA) is 93.7 Å². The molecule has 7 heteroatoms. The Morgan fingerprint density at radius 2 is 1.47 bits per heavy atom. The van der Waals surface area contributed by atoms with Crippen LogP contribution in [0.1, 0.15) is 28.5 Å². The first kappa shape index (κ1) is 21.0. The molecule has 0 saturated carbocycles. The number of carbonyl (C=O) groups is 2. The third-order valence-corrected chi connectivity index (χ3v) is 4.64. The van der Waals surface area contributed by atoms with E-state index in [1.54, 1.807) is 6.07 Å². The van der Waals surface area contributed by atoms with Gasteiger partial charge in [0.05, 0.1) is 0 Å². The Balaban J connectivity index is 1.20. The highest BCUT2D eigenvalue weighted by Gasteiger charge is 2.13. The fourth-order valence-electron chi connectivity index (χ4n) is 3.01. The van der Waals surface area contributed by atoms with E-state index in [9.17, 15) is 9.59 Å². The van der Waals surface area contributed by atoms with Crippen molar-refractivity contribution in [2.45, 2.75) is 19.4 Å². The van der Waals surface area contributed by atoms with Gasteiger partial charge in [-0.25, -0.2) is 0 Å². The van der Waals surface area contributed by atoms with Crippen molar-refractivity contribution in [1.82, 2.24) is 10.9 Å². The highest BCUT2D eigenvalue weighted by Crippen LogP contribution is 2.22. The molecule has 2 aromatic carbocycles. The van der Waals surface area contributed by atoms with Crippen LogP contribution >= 0.6 is 0 Å². The molecule has 0 aliphatic heterocycles. The third-order valence-electron chi connectivity index (χ3n) is 4.64. The molecule has 0 unspecified atom stereocenters. The van der Waals surface area contributed by atoms with Crippen molar-refractivity contribution in [3.8, 4) is 17.1 Å². The minimum atomic E-state index is -0.548. The summed E-state index contributed by atoms with van der Waals surface area (Å²) in [6, 6.07) is 25.9. The van der Waals surface area contributed by atoms with Gasteiger partial charge in [0.15, 0.2) is 5.76 Å². The van der Waals surface area contributed by atoms with E-state index >= 15 is 0 Å². The smallest absolute Gasteiger partial charge is 0.305 e. The molecular formula is C25H22N2O5. The molecule has 0 radical (unpaired) electrons. The minimum Gasteiger partial charge on any atom is -0.486 e. The average molecular weight is 430 g/mol. The van der Waals surface area contributed by atoms with Crippen LogP contribution in [-0.2, 0) is 17.8 Å². The van der Waals surface area contributed by atoms with E-state index in [4.69, 9.17) is 13.6 Å². The third kappa shape index (κ3) is 5.66. The molecular weight excluding hydrogens is 408 g/mol. The lowest BCUT2D eigenvalue weighted by Gasteiger charge is -2.06. The largest absolute Gasteiger partial charge is 0.486 e. The summed E-state index contributed by atoms with van der Waals surface area (Å²) in [5.41, 5.74) is 5.71. The first-order chi connectivity index (χ1) is 15.7. The number of hydrogen-bond acceptors (Lipinski definition) is 5. The predicted octanol–water partition coefficient (Wildman–Crippen LogP) is 4.51. The maximum Gasteiger partial charge on any atom is 0.305 e. The van der Waals surface area contributed by atoms with Gasteiger partial charge in [-0.15, -0.1) is 0 Å². The van der Waals surface area contributed by atoms with E-state index in [1.165, 1.54) is 6.07 Å². The van der Waals surface area contributed by atoms with Gasteiger partial charge >= 0.3 is 5.91 Å². The second-order valence-electron chi connectivity index (χ2n) is 7.00. The minimum absolute atomic E-state index is 0.0792. The molecule has 32 heavy (non-hydrogen) atoms. The Hall–Kier alpha value is -4.26. The van der Waals surface area contributed by atoms with Crippen LogP contribution in [0.4, 0.5) is 0 Å². The maximum atomic E-state index is 12.2. The van der Waals surface area contributed by atoms with Gasteiger partial charge in [0.25, 0.3) is 0 Å². The van der Waals surface area contributed by atoms with Crippen LogP contribution < -0.4 is 15.6 Å². The Kier molecular flexibility index (Phi) is 6.67. The zero-order chi connectivity index (χ0) is 22.2. The summed E-state index contributed by atoms with van der Waals surface area (Å²) < 4.78 is 16.8. The highest BCUT2D eigenvalue weighted by molar-refractivity contribution is 5.92. The molecule has 162 valence electrons. The van der Waals surface area contributed by atoms with Crippen LogP contribution in [-0.4, -0.2) is 11.8 Å². The standard InChI is InChI=1S/C25H22N2O5/c28-24(16-13-20-11-14-22(31-20)18-7-3-1-4-8-18)26-27-25(29)23-15-12-21(32-23)17-30-19-9-5-2-6-10-19/h1-12,14-15H,13,16-17H2,(H,26,28)(H,27,29). The SMILES string of the molecule is O=C(CCc1ccc(-c2ccccc2)o1)NNC(=O)c1ccc(COc2ccccc2)o1. The Labute approximate surface area is 185 Å². The molecule has 0 bridgehead atoms. The number of carbonyl (C=O) groups excluding carboxylic acids is 2. The fourth-order valence-corrected chi connectivity index (χ4v) is 3.01. The lowest BCUT2D eigenvalue weighted by molar-refractivity contribution is -0.121. The molecule has 2 amide bonds. The Morgan fingerprint density at radius 3 is 2.25 bits per heavy atom. The van der Waals surface area contributed by atoms with E-state index in [-0.39, 0.29) is 24.7 Å². The normalized spacial score (nSPS) is 10.5. The van der Waals surface area contributed by atoms with Crippen molar-refractivity contribution >= 4 is 11.8 Å². The molecule has 0 fully saturated rings. The van der Waals surface area contributed by atoms with Crippen LogP contribution in [0.15, 0.2) is 93.8 Å². The van der Waals surface area contributed by atoms with Crippen LogP contribution in [0.25, 0.3) is 11.3 Å². The highest BCUT2D eigenvalue weighted by atomic mass is 16.5. The van der Waals surface area contributed by atoms with Crippen molar-refractivity contribution in [2.75, 3.05) is 0 Å². The Morgan fingerprint density at radius 1 is 0.750 bits per heavy atom. The molecule has 0 spiro atoms. The number of hydrogen-bond donors (Lipinski definition) is 2. The molecule has 4 rings (SSSR count). The molecule has 2 aromatic heterocycles. The van der Waals surface area contributed by atoms with E-state index in [1.807, 2.05) is 72.8 Å². The van der Waals surface area contributed by atoms with Gasteiger partial charge in [-0.05, 0) is 36.4 Å². The summed E-state index contributed by atoms with van der Waals surface area (Å²) in [5.74, 6) is 1.84. The molecule has 2 N–H and O–H groups in total. The number of aryl methyl sites for hydroxylation is 1. The summed E-state index contributed by atoms with van der Waals surface area (Å²) >= 11 is 0. The van der Waals surface area contributed by atoms with Gasteiger partial charge in [-0.2, -0.15) is 0 Å². The van der Waals surface area contributed by atoms with Gasteiger partial charge in [-0.3, -0.25) is 20.4 Å². The lowest BCUT2D eigenvalue weighted by atomic mass is 10.2. The number of hydrazine groups is 1. The monoisotopic (exact) mass is 430 g/mol. The van der Waals surface area contributed by atoms with E-state index < -0.39 is 5.91 Å². The van der Waals surface area contributed by atoms with Crippen LogP contribution in [0, 0.1) is 0 Å². The van der Waals surface area contributed by atoms with Crippen LogP contribution in [0.5, 0.6) is 5.75 Å². The lowest BCUT2D eigenvalue weighted by Crippen LogP contribution is -2.41. The number of amides is 2. The summed E-state index contributed by atoms with van der Waals surface area (Å²) in [5, 5.41) is 0. The number of ether oxygens (including phenoxy) is 1. The van der Waals surface area contributed by atoms with Crippen molar-refractivity contribution < 1.29 is 23.2 Å². The summed E-state index contributed by atoms with van der Waals surface area (Å²) in [7, 11) is 0. The zero-order valence-corrected chi connectivity index (χ0v) is 17.2. The molecule has 4 aromatic rings. The van der Waals surface area contributed by atoms with Crippen molar-refractivity contribution in [3.05, 3.63) is 102 Å². The van der Waals surface area contributed by atoms with Gasteiger partial charge in [0.1, 0.15) is 29.6 Å². The van der Waals surface area contributed by atoms with E-state index in [0.717, 1.165) is 11.3 Å². The van der Waals surface area contributed by atoms with Gasteiger partial charge < -0.3 is 13.6 Å². The molecule has 0 atom stereocenters. The first-order valence-electron chi connectivity index (χ1n) is 10.2. The molecule has 2 heterocycles. The number of para-hydroxylation sites is 1. The average Bonchev–Trinajstić information content (AvgIpc) is 3.51. The maximum absolute atomic E-state index is 12.2. The van der Waals surface area contributed by atoms with Gasteiger partial charge in [0.2, 0.25) is 5.91 Å². The quantitative estimate of drug-likeness (QED) is 0.401. The summed E-state index contributed by atoms with van der Waals surface area (Å²) in [6.45, 7) is 0.192. The van der Waals surface area contributed by atoms with Crippen LogP contribution in [0.3, 0.4) is 0 Å². The van der Waals surface area contributed by atoms with E-state index in [0.29, 0.717) is 23.7 Å². The predicted molar refractivity (Wildman–Crippen MR) is 118 cm³/mol. The van der Waals surface area contributed by atoms with E-state index in [2.05, 4.69) is 10.9 Å². The summed E-state index contributed by atoms with van der Waals surface area (Å²) in [6.07, 6.45) is 0.576. The number of nitrogens with one attached hydrogen (secondary N) is 2. The number of benzene rings is 2. The molecule has 0 aliphatic carbocycles. The molecule has 0 saturated heterocycles. The fraction of sp³-hybridized carbons (Fsp3) is 0.120. The second kappa shape index (κ2) is 10.2. The Bertz CT molecular complexity index is 1170.